The molecule has 0 unspecified atom stereocenters. The van der Waals surface area contributed by atoms with Crippen LogP contribution < -0.4 is 11.1 Å². The molecule has 0 spiro atoms. The average Bonchev–Trinajstić information content (AvgIpc) is 2.67. The number of rotatable bonds is 5. The summed E-state index contributed by atoms with van der Waals surface area (Å²) >= 11 is 0. The molecule has 0 fully saturated rings. The van der Waals surface area contributed by atoms with E-state index >= 15 is 0 Å². The zero-order chi connectivity index (χ0) is 13.8. The van der Waals surface area contributed by atoms with Gasteiger partial charge >= 0.3 is 5.76 Å². The molecule has 2 N–H and O–H groups in total. The monoisotopic (exact) mass is 262 g/mol. The highest BCUT2D eigenvalue weighted by atomic mass is 16.4. The van der Waals surface area contributed by atoms with Crippen LogP contribution in [0.15, 0.2) is 27.4 Å². The van der Waals surface area contributed by atoms with E-state index in [0.29, 0.717) is 24.1 Å². The molecule has 0 bridgehead atoms. The number of carbonyl (C=O) groups excluding carboxylic acids is 2. The first kappa shape index (κ1) is 13.1. The van der Waals surface area contributed by atoms with Crippen LogP contribution in [0.1, 0.15) is 18.9 Å². The lowest BCUT2D eigenvalue weighted by molar-refractivity contribution is -0.127. The Balaban J connectivity index is 1.92. The molecule has 0 aliphatic carbocycles. The number of nitrogens with one attached hydrogen (secondary N) is 2. The SMILES string of the molecule is CC(=O)CC(=O)NCCc1ccc2[nH]c(=O)oc2c1. The van der Waals surface area contributed by atoms with E-state index in [2.05, 4.69) is 10.3 Å². The van der Waals surface area contributed by atoms with Crippen molar-refractivity contribution in [1.29, 1.82) is 0 Å². The third-order valence-electron chi connectivity index (χ3n) is 2.63. The smallest absolute Gasteiger partial charge is 0.408 e. The van der Waals surface area contributed by atoms with Crippen LogP contribution in [0.4, 0.5) is 0 Å². The fraction of sp³-hybridized carbons (Fsp3) is 0.308. The zero-order valence-electron chi connectivity index (χ0n) is 10.5. The molecule has 0 aliphatic rings. The van der Waals surface area contributed by atoms with Crippen LogP contribution in [-0.2, 0) is 16.0 Å². The van der Waals surface area contributed by atoms with Crippen LogP contribution in [-0.4, -0.2) is 23.2 Å². The number of aromatic nitrogens is 1. The molecule has 1 aromatic heterocycles. The minimum absolute atomic E-state index is 0.0915. The summed E-state index contributed by atoms with van der Waals surface area (Å²) in [5.74, 6) is -0.920. The number of hydrogen-bond acceptors (Lipinski definition) is 4. The molecule has 6 nitrogen and oxygen atoms in total. The Labute approximate surface area is 108 Å². The van der Waals surface area contributed by atoms with E-state index < -0.39 is 5.76 Å². The highest BCUT2D eigenvalue weighted by molar-refractivity contribution is 5.96. The minimum atomic E-state index is -0.484. The van der Waals surface area contributed by atoms with Gasteiger partial charge in [0.05, 0.1) is 11.9 Å². The maximum Gasteiger partial charge on any atom is 0.417 e. The van der Waals surface area contributed by atoms with Gasteiger partial charge in [-0.15, -0.1) is 0 Å². The quantitative estimate of drug-likeness (QED) is 0.778. The van der Waals surface area contributed by atoms with Crippen LogP contribution in [0.2, 0.25) is 0 Å². The lowest BCUT2D eigenvalue weighted by Gasteiger charge is -2.03. The highest BCUT2D eigenvalue weighted by Crippen LogP contribution is 2.12. The van der Waals surface area contributed by atoms with Gasteiger partial charge in [0.2, 0.25) is 5.91 Å². The van der Waals surface area contributed by atoms with Gasteiger partial charge < -0.3 is 9.73 Å². The average molecular weight is 262 g/mol. The first-order chi connectivity index (χ1) is 9.04. The van der Waals surface area contributed by atoms with Crippen LogP contribution in [0, 0.1) is 0 Å². The lowest BCUT2D eigenvalue weighted by atomic mass is 10.1. The molecule has 2 rings (SSSR count). The molecule has 0 radical (unpaired) electrons. The Morgan fingerprint density at radius 1 is 1.37 bits per heavy atom. The minimum Gasteiger partial charge on any atom is -0.408 e. The van der Waals surface area contributed by atoms with Crippen molar-refractivity contribution in [2.24, 2.45) is 0 Å². The van der Waals surface area contributed by atoms with Gasteiger partial charge in [0, 0.05) is 6.54 Å². The Bertz CT molecular complexity index is 669. The molecule has 6 heteroatoms. The third-order valence-corrected chi connectivity index (χ3v) is 2.63. The van der Waals surface area contributed by atoms with E-state index in [1.54, 1.807) is 12.1 Å². The number of fused-ring (bicyclic) bond motifs is 1. The van der Waals surface area contributed by atoms with Gasteiger partial charge in [0.25, 0.3) is 0 Å². The van der Waals surface area contributed by atoms with E-state index in [0.717, 1.165) is 5.56 Å². The van der Waals surface area contributed by atoms with Crippen molar-refractivity contribution in [3.8, 4) is 0 Å². The van der Waals surface area contributed by atoms with Crippen LogP contribution in [0.25, 0.3) is 11.1 Å². The Morgan fingerprint density at radius 2 is 2.16 bits per heavy atom. The van der Waals surface area contributed by atoms with Gasteiger partial charge in [-0.05, 0) is 31.0 Å². The normalized spacial score (nSPS) is 10.6. The summed E-state index contributed by atoms with van der Waals surface area (Å²) < 4.78 is 4.95. The molecule has 100 valence electrons. The van der Waals surface area contributed by atoms with Crippen LogP contribution >= 0.6 is 0 Å². The predicted octanol–water partition coefficient (Wildman–Crippen LogP) is 0.759. The molecular formula is C13H14N2O4. The summed E-state index contributed by atoms with van der Waals surface area (Å²) in [6, 6.07) is 5.36. The molecule has 19 heavy (non-hydrogen) atoms. The lowest BCUT2D eigenvalue weighted by Crippen LogP contribution is -2.27. The van der Waals surface area contributed by atoms with E-state index in [9.17, 15) is 14.4 Å². The van der Waals surface area contributed by atoms with Crippen molar-refractivity contribution in [2.45, 2.75) is 19.8 Å². The number of hydrogen-bond donors (Lipinski definition) is 2. The molecule has 0 saturated heterocycles. The number of carbonyl (C=O) groups is 2. The topological polar surface area (TPSA) is 92.2 Å². The maximum absolute atomic E-state index is 11.3. The standard InChI is InChI=1S/C13H14N2O4/c1-8(16)6-12(17)14-5-4-9-2-3-10-11(7-9)19-13(18)15-10/h2-3,7H,4-6H2,1H3,(H,14,17)(H,15,18). The number of aromatic amines is 1. The summed E-state index contributed by atoms with van der Waals surface area (Å²) in [5, 5.41) is 2.66. The Hall–Kier alpha value is -2.37. The molecular weight excluding hydrogens is 248 g/mol. The maximum atomic E-state index is 11.3. The van der Waals surface area contributed by atoms with Crippen LogP contribution in [0.5, 0.6) is 0 Å². The molecule has 1 heterocycles. The van der Waals surface area contributed by atoms with Crippen molar-refractivity contribution < 1.29 is 14.0 Å². The van der Waals surface area contributed by atoms with E-state index in [1.165, 1.54) is 6.92 Å². The van der Waals surface area contributed by atoms with E-state index in [4.69, 9.17) is 4.42 Å². The largest absolute Gasteiger partial charge is 0.417 e. The van der Waals surface area contributed by atoms with Gasteiger partial charge in [-0.25, -0.2) is 4.79 Å². The summed E-state index contributed by atoms with van der Waals surface area (Å²) in [6.07, 6.45) is 0.514. The van der Waals surface area contributed by atoms with Gasteiger partial charge in [0.15, 0.2) is 5.58 Å². The molecule has 1 amide bonds. The fourth-order valence-electron chi connectivity index (χ4n) is 1.78. The van der Waals surface area contributed by atoms with Gasteiger partial charge in [0.1, 0.15) is 5.78 Å². The summed E-state index contributed by atoms with van der Waals surface area (Å²) in [7, 11) is 0. The molecule has 2 aromatic rings. The predicted molar refractivity (Wildman–Crippen MR) is 68.8 cm³/mol. The van der Waals surface area contributed by atoms with Gasteiger partial charge in [-0.2, -0.15) is 0 Å². The highest BCUT2D eigenvalue weighted by Gasteiger charge is 2.05. The number of amides is 1. The second kappa shape index (κ2) is 5.51. The number of Topliss-reactive ketones (excluding diaryl/α,β-unsaturated/α-hetero) is 1. The molecule has 1 aromatic carbocycles. The van der Waals surface area contributed by atoms with Crippen molar-refractivity contribution in [2.75, 3.05) is 6.54 Å². The van der Waals surface area contributed by atoms with Crippen LogP contribution in [0.3, 0.4) is 0 Å². The van der Waals surface area contributed by atoms with Gasteiger partial charge in [-0.3, -0.25) is 14.6 Å². The second-order valence-electron chi connectivity index (χ2n) is 4.32. The fourth-order valence-corrected chi connectivity index (χ4v) is 1.78. The van der Waals surface area contributed by atoms with Crippen molar-refractivity contribution >= 4 is 22.8 Å². The second-order valence-corrected chi connectivity index (χ2v) is 4.32. The number of oxazole rings is 1. The first-order valence-corrected chi connectivity index (χ1v) is 5.92. The van der Waals surface area contributed by atoms with Crippen molar-refractivity contribution in [3.05, 3.63) is 34.3 Å². The Kier molecular flexibility index (Phi) is 3.79. The number of benzene rings is 1. The summed E-state index contributed by atoms with van der Waals surface area (Å²) in [4.78, 5) is 35.5. The number of ketones is 1. The number of H-pyrrole nitrogens is 1. The van der Waals surface area contributed by atoms with Gasteiger partial charge in [-0.1, -0.05) is 6.07 Å². The molecule has 0 aliphatic heterocycles. The van der Waals surface area contributed by atoms with E-state index in [-0.39, 0.29) is 18.1 Å². The zero-order valence-corrected chi connectivity index (χ0v) is 10.5. The first-order valence-electron chi connectivity index (χ1n) is 5.92. The molecule has 0 atom stereocenters. The molecule has 0 saturated carbocycles. The van der Waals surface area contributed by atoms with Crippen molar-refractivity contribution in [3.63, 3.8) is 0 Å². The summed E-state index contributed by atoms with van der Waals surface area (Å²) in [5.41, 5.74) is 2.09. The summed E-state index contributed by atoms with van der Waals surface area (Å²) in [6.45, 7) is 1.81. The third kappa shape index (κ3) is 3.54. The van der Waals surface area contributed by atoms with Crippen molar-refractivity contribution in [1.82, 2.24) is 10.3 Å². The van der Waals surface area contributed by atoms with E-state index in [1.807, 2.05) is 6.07 Å². The Morgan fingerprint density at radius 3 is 2.89 bits per heavy atom.